The van der Waals surface area contributed by atoms with E-state index in [2.05, 4.69) is 12.0 Å². The lowest BCUT2D eigenvalue weighted by Crippen LogP contribution is -2.08. The van der Waals surface area contributed by atoms with Crippen LogP contribution in [0.5, 0.6) is 11.5 Å². The first-order valence-corrected chi connectivity index (χ1v) is 6.32. The third-order valence-corrected chi connectivity index (χ3v) is 3.45. The van der Waals surface area contributed by atoms with Gasteiger partial charge in [-0.25, -0.2) is 0 Å². The van der Waals surface area contributed by atoms with Crippen LogP contribution >= 0.6 is 0 Å². The largest absolute Gasteiger partial charge is 0.454 e. The van der Waals surface area contributed by atoms with Gasteiger partial charge in [-0.15, -0.1) is 0 Å². The third-order valence-electron chi connectivity index (χ3n) is 3.45. The van der Waals surface area contributed by atoms with Crippen molar-refractivity contribution in [3.8, 4) is 22.6 Å². The normalized spacial score (nSPS) is 13.0. The molecule has 1 aromatic heterocycles. The molecule has 100 valence electrons. The molecule has 2 heterocycles. The van der Waals surface area contributed by atoms with Crippen molar-refractivity contribution < 1.29 is 9.47 Å². The number of hydrogen-bond acceptors (Lipinski definition) is 4. The van der Waals surface area contributed by atoms with E-state index in [1.165, 1.54) is 0 Å². The Balaban J connectivity index is 2.12. The maximum absolute atomic E-state index is 5.68. The molecule has 0 unspecified atom stereocenters. The molecule has 0 amide bonds. The number of benzene rings is 1. The summed E-state index contributed by atoms with van der Waals surface area (Å²) in [6, 6.07) is 4.03. The molecule has 3 rings (SSSR count). The first kappa shape index (κ1) is 12.0. The van der Waals surface area contributed by atoms with E-state index in [1.54, 1.807) is 0 Å². The molecule has 0 saturated heterocycles. The first-order valence-electron chi connectivity index (χ1n) is 6.32. The highest BCUT2D eigenvalue weighted by Gasteiger charge is 2.19. The maximum atomic E-state index is 5.68. The fourth-order valence-corrected chi connectivity index (χ4v) is 2.45. The van der Waals surface area contributed by atoms with Crippen molar-refractivity contribution in [2.75, 3.05) is 13.3 Å². The minimum Gasteiger partial charge on any atom is -0.454 e. The van der Waals surface area contributed by atoms with Gasteiger partial charge in [-0.1, -0.05) is 0 Å². The Morgan fingerprint density at radius 3 is 2.74 bits per heavy atom. The highest BCUT2D eigenvalue weighted by molar-refractivity contribution is 5.72. The van der Waals surface area contributed by atoms with Crippen LogP contribution < -0.4 is 15.2 Å². The number of nitrogens with zero attached hydrogens (tertiary/aromatic N) is 2. The Bertz CT molecular complexity index is 619. The molecule has 0 spiro atoms. The van der Waals surface area contributed by atoms with Gasteiger partial charge in [0.25, 0.3) is 0 Å². The highest BCUT2D eigenvalue weighted by atomic mass is 16.7. The molecule has 1 aliphatic heterocycles. The second kappa shape index (κ2) is 4.59. The SMILES string of the molecule is Cc1cc2c(cc1-c1cnn(C)c1CCN)OCO2. The molecule has 19 heavy (non-hydrogen) atoms. The minimum atomic E-state index is 0.293. The lowest BCUT2D eigenvalue weighted by molar-refractivity contribution is 0.174. The highest BCUT2D eigenvalue weighted by Crippen LogP contribution is 2.39. The Labute approximate surface area is 111 Å². The van der Waals surface area contributed by atoms with Crippen LogP contribution in [0.3, 0.4) is 0 Å². The van der Waals surface area contributed by atoms with E-state index in [1.807, 2.05) is 30.1 Å². The zero-order chi connectivity index (χ0) is 13.4. The van der Waals surface area contributed by atoms with Gasteiger partial charge in [0.15, 0.2) is 11.5 Å². The summed E-state index contributed by atoms with van der Waals surface area (Å²) < 4.78 is 12.7. The van der Waals surface area contributed by atoms with Crippen LogP contribution in [0.25, 0.3) is 11.1 Å². The van der Waals surface area contributed by atoms with E-state index in [-0.39, 0.29) is 0 Å². The molecule has 5 nitrogen and oxygen atoms in total. The smallest absolute Gasteiger partial charge is 0.231 e. The molecular weight excluding hydrogens is 242 g/mol. The van der Waals surface area contributed by atoms with Crippen LogP contribution in [0.1, 0.15) is 11.3 Å². The molecule has 0 bridgehead atoms. The van der Waals surface area contributed by atoms with Gasteiger partial charge >= 0.3 is 0 Å². The first-order chi connectivity index (χ1) is 9.20. The second-order valence-electron chi connectivity index (χ2n) is 4.69. The molecule has 0 saturated carbocycles. The average molecular weight is 259 g/mol. The molecular formula is C14H17N3O2. The summed E-state index contributed by atoms with van der Waals surface area (Å²) in [6.45, 7) is 2.97. The van der Waals surface area contributed by atoms with E-state index in [4.69, 9.17) is 15.2 Å². The Morgan fingerprint density at radius 1 is 1.26 bits per heavy atom. The molecule has 0 atom stereocenters. The van der Waals surface area contributed by atoms with Gasteiger partial charge in [0.1, 0.15) is 0 Å². The van der Waals surface area contributed by atoms with Crippen molar-refractivity contribution in [1.82, 2.24) is 9.78 Å². The van der Waals surface area contributed by atoms with Crippen LogP contribution in [-0.4, -0.2) is 23.1 Å². The summed E-state index contributed by atoms with van der Waals surface area (Å²) in [4.78, 5) is 0. The van der Waals surface area contributed by atoms with Crippen molar-refractivity contribution in [2.24, 2.45) is 12.8 Å². The molecule has 2 N–H and O–H groups in total. The fraction of sp³-hybridized carbons (Fsp3) is 0.357. The third kappa shape index (κ3) is 1.96. The van der Waals surface area contributed by atoms with E-state index in [0.29, 0.717) is 13.3 Å². The molecule has 1 aromatic carbocycles. The number of aryl methyl sites for hydroxylation is 2. The lowest BCUT2D eigenvalue weighted by Gasteiger charge is -2.09. The van der Waals surface area contributed by atoms with Crippen LogP contribution in [-0.2, 0) is 13.5 Å². The van der Waals surface area contributed by atoms with Gasteiger partial charge in [0.05, 0.1) is 6.20 Å². The molecule has 5 heteroatoms. The fourth-order valence-electron chi connectivity index (χ4n) is 2.45. The summed E-state index contributed by atoms with van der Waals surface area (Å²) in [5, 5.41) is 4.34. The van der Waals surface area contributed by atoms with Crippen molar-refractivity contribution >= 4 is 0 Å². The van der Waals surface area contributed by atoms with Crippen LogP contribution in [0.4, 0.5) is 0 Å². The van der Waals surface area contributed by atoms with Gasteiger partial charge in [-0.3, -0.25) is 4.68 Å². The standard InChI is InChI=1S/C14H17N3O2/c1-9-5-13-14(19-8-18-13)6-10(9)11-7-16-17(2)12(11)3-4-15/h5-7H,3-4,8,15H2,1-2H3. The summed E-state index contributed by atoms with van der Waals surface area (Å²) in [7, 11) is 1.94. The minimum absolute atomic E-state index is 0.293. The average Bonchev–Trinajstić information content (AvgIpc) is 2.97. The van der Waals surface area contributed by atoms with Crippen molar-refractivity contribution in [2.45, 2.75) is 13.3 Å². The quantitative estimate of drug-likeness (QED) is 0.910. The second-order valence-corrected chi connectivity index (χ2v) is 4.69. The summed E-state index contributed by atoms with van der Waals surface area (Å²) in [6.07, 6.45) is 2.69. The van der Waals surface area contributed by atoms with Gasteiger partial charge in [-0.05, 0) is 36.7 Å². The summed E-state index contributed by atoms with van der Waals surface area (Å²) >= 11 is 0. The Kier molecular flexibility index (Phi) is 2.91. The van der Waals surface area contributed by atoms with Crippen LogP contribution in [0.15, 0.2) is 18.3 Å². The Hall–Kier alpha value is -2.01. The van der Waals surface area contributed by atoms with E-state index in [0.717, 1.165) is 40.3 Å². The molecule has 2 aromatic rings. The predicted molar refractivity (Wildman–Crippen MR) is 72.3 cm³/mol. The number of ether oxygens (including phenoxy) is 2. The van der Waals surface area contributed by atoms with Gasteiger partial charge in [0.2, 0.25) is 6.79 Å². The maximum Gasteiger partial charge on any atom is 0.231 e. The van der Waals surface area contributed by atoms with E-state index in [9.17, 15) is 0 Å². The van der Waals surface area contributed by atoms with Crippen LogP contribution in [0, 0.1) is 6.92 Å². The van der Waals surface area contributed by atoms with Crippen molar-refractivity contribution in [3.05, 3.63) is 29.6 Å². The van der Waals surface area contributed by atoms with E-state index < -0.39 is 0 Å². The van der Waals surface area contributed by atoms with Crippen molar-refractivity contribution in [1.29, 1.82) is 0 Å². The molecule has 0 aliphatic carbocycles. The zero-order valence-electron chi connectivity index (χ0n) is 11.1. The number of fused-ring (bicyclic) bond motifs is 1. The number of rotatable bonds is 3. The van der Waals surface area contributed by atoms with Gasteiger partial charge in [0, 0.05) is 24.7 Å². The molecule has 0 radical (unpaired) electrons. The van der Waals surface area contributed by atoms with Crippen LogP contribution in [0.2, 0.25) is 0 Å². The number of aromatic nitrogens is 2. The summed E-state index contributed by atoms with van der Waals surface area (Å²) in [5.41, 5.74) is 10.2. The summed E-state index contributed by atoms with van der Waals surface area (Å²) in [5.74, 6) is 1.61. The van der Waals surface area contributed by atoms with E-state index >= 15 is 0 Å². The van der Waals surface area contributed by atoms with Gasteiger partial charge < -0.3 is 15.2 Å². The number of nitrogens with two attached hydrogens (primary N) is 1. The predicted octanol–water partition coefficient (Wildman–Crippen LogP) is 1.63. The lowest BCUT2D eigenvalue weighted by atomic mass is 9.99. The Morgan fingerprint density at radius 2 is 2.00 bits per heavy atom. The molecule has 1 aliphatic rings. The molecule has 0 fully saturated rings. The van der Waals surface area contributed by atoms with Crippen molar-refractivity contribution in [3.63, 3.8) is 0 Å². The van der Waals surface area contributed by atoms with Gasteiger partial charge in [-0.2, -0.15) is 5.10 Å². The number of hydrogen-bond donors (Lipinski definition) is 1. The monoisotopic (exact) mass is 259 g/mol. The topological polar surface area (TPSA) is 62.3 Å². The zero-order valence-corrected chi connectivity index (χ0v) is 11.1.